The normalized spacial score (nSPS) is 11.1. The highest BCUT2D eigenvalue weighted by Gasteiger charge is 2.08. The van der Waals surface area contributed by atoms with Gasteiger partial charge in [-0.05, 0) is 24.1 Å². The van der Waals surface area contributed by atoms with Crippen molar-refractivity contribution in [3.05, 3.63) is 63.8 Å². The van der Waals surface area contributed by atoms with E-state index in [0.717, 1.165) is 23.3 Å². The van der Waals surface area contributed by atoms with Crippen LogP contribution in [0.15, 0.2) is 41.3 Å². The van der Waals surface area contributed by atoms with E-state index in [1.165, 1.54) is 5.56 Å². The van der Waals surface area contributed by atoms with Crippen LogP contribution in [0.5, 0.6) is 0 Å². The molecular formula is C16H17N3O. The van der Waals surface area contributed by atoms with Gasteiger partial charge in [0.25, 0.3) is 5.56 Å². The summed E-state index contributed by atoms with van der Waals surface area (Å²) in [6.07, 6.45) is 2.63. The lowest BCUT2D eigenvalue weighted by Gasteiger charge is -2.08. The highest BCUT2D eigenvalue weighted by Crippen LogP contribution is 2.10. The number of hydrogen-bond donors (Lipinski definition) is 1. The smallest absolute Gasteiger partial charge is 0.278 e. The molecule has 0 saturated carbocycles. The molecule has 1 N–H and O–H groups in total. The highest BCUT2D eigenvalue weighted by molar-refractivity contribution is 5.73. The lowest BCUT2D eigenvalue weighted by Crippen LogP contribution is -2.20. The summed E-state index contributed by atoms with van der Waals surface area (Å²) in [5.41, 5.74) is 3.64. The van der Waals surface area contributed by atoms with E-state index < -0.39 is 0 Å². The number of hydrogen-bond acceptors (Lipinski definition) is 2. The molecule has 3 rings (SSSR count). The van der Waals surface area contributed by atoms with Crippen molar-refractivity contribution in [1.29, 1.82) is 0 Å². The molecule has 0 radical (unpaired) electrons. The monoisotopic (exact) mass is 267 g/mol. The fourth-order valence-electron chi connectivity index (χ4n) is 2.35. The number of aryl methyl sites for hydroxylation is 2. The summed E-state index contributed by atoms with van der Waals surface area (Å²) in [6.45, 7) is 4.65. The van der Waals surface area contributed by atoms with Crippen molar-refractivity contribution >= 4 is 11.0 Å². The van der Waals surface area contributed by atoms with Crippen LogP contribution in [0.3, 0.4) is 0 Å². The Bertz CT molecular complexity index is 814. The molecule has 4 nitrogen and oxygen atoms in total. The van der Waals surface area contributed by atoms with Crippen LogP contribution >= 0.6 is 0 Å². The summed E-state index contributed by atoms with van der Waals surface area (Å²) in [5.74, 6) is 0.853. The van der Waals surface area contributed by atoms with Crippen LogP contribution in [0.4, 0.5) is 0 Å². The quantitative estimate of drug-likeness (QED) is 0.793. The number of nitrogens with one attached hydrogen (secondary N) is 1. The first-order valence-corrected chi connectivity index (χ1v) is 6.81. The minimum atomic E-state index is -0.0401. The van der Waals surface area contributed by atoms with Crippen LogP contribution in [-0.2, 0) is 13.0 Å². The summed E-state index contributed by atoms with van der Waals surface area (Å²) in [5, 5.41) is 0. The Hall–Kier alpha value is -2.36. The van der Waals surface area contributed by atoms with Gasteiger partial charge < -0.3 is 9.55 Å². The van der Waals surface area contributed by atoms with Crippen LogP contribution in [0.2, 0.25) is 0 Å². The minimum absolute atomic E-state index is 0.0401. The third kappa shape index (κ3) is 2.13. The van der Waals surface area contributed by atoms with Gasteiger partial charge in [0.15, 0.2) is 5.52 Å². The molecular weight excluding hydrogens is 250 g/mol. The van der Waals surface area contributed by atoms with Gasteiger partial charge >= 0.3 is 0 Å². The van der Waals surface area contributed by atoms with Crippen molar-refractivity contribution in [2.24, 2.45) is 0 Å². The molecule has 20 heavy (non-hydrogen) atoms. The molecule has 0 aliphatic rings. The van der Waals surface area contributed by atoms with Crippen LogP contribution in [0.1, 0.15) is 23.9 Å². The highest BCUT2D eigenvalue weighted by atomic mass is 16.1. The molecule has 2 heterocycles. The van der Waals surface area contributed by atoms with Crippen LogP contribution in [0, 0.1) is 6.92 Å². The van der Waals surface area contributed by atoms with E-state index in [1.54, 1.807) is 4.57 Å². The second-order valence-corrected chi connectivity index (χ2v) is 4.97. The van der Waals surface area contributed by atoms with Crippen molar-refractivity contribution in [3.63, 3.8) is 0 Å². The Kier molecular flexibility index (Phi) is 3.14. The molecule has 2 aromatic heterocycles. The minimum Gasteiger partial charge on any atom is -0.342 e. The van der Waals surface area contributed by atoms with Crippen molar-refractivity contribution in [3.8, 4) is 0 Å². The average Bonchev–Trinajstić information content (AvgIpc) is 2.88. The largest absolute Gasteiger partial charge is 0.342 e. The van der Waals surface area contributed by atoms with Gasteiger partial charge in [0.05, 0.1) is 12.1 Å². The number of pyridine rings is 1. The Morgan fingerprint density at radius 3 is 2.80 bits per heavy atom. The van der Waals surface area contributed by atoms with Gasteiger partial charge in [0.1, 0.15) is 5.82 Å². The van der Waals surface area contributed by atoms with Gasteiger partial charge in [-0.3, -0.25) is 4.79 Å². The zero-order chi connectivity index (χ0) is 14.1. The molecule has 102 valence electrons. The third-order valence-corrected chi connectivity index (χ3v) is 3.60. The van der Waals surface area contributed by atoms with E-state index in [1.807, 2.05) is 37.4 Å². The summed E-state index contributed by atoms with van der Waals surface area (Å²) in [4.78, 5) is 20.0. The van der Waals surface area contributed by atoms with Gasteiger partial charge in [0.2, 0.25) is 0 Å². The SMILES string of the molecule is CCc1nc2c(=O)n(Cc3ccccc3C)ccc2[nH]1. The van der Waals surface area contributed by atoms with Crippen molar-refractivity contribution in [1.82, 2.24) is 14.5 Å². The summed E-state index contributed by atoms with van der Waals surface area (Å²) < 4.78 is 1.71. The molecule has 0 unspecified atom stereocenters. The Balaban J connectivity index is 2.06. The summed E-state index contributed by atoms with van der Waals surface area (Å²) >= 11 is 0. The third-order valence-electron chi connectivity index (χ3n) is 3.60. The number of aromatic amines is 1. The number of imidazole rings is 1. The lowest BCUT2D eigenvalue weighted by atomic mass is 10.1. The number of nitrogens with zero attached hydrogens (tertiary/aromatic N) is 2. The summed E-state index contributed by atoms with van der Waals surface area (Å²) in [7, 11) is 0. The fraction of sp³-hybridized carbons (Fsp3) is 0.250. The first-order chi connectivity index (χ1) is 9.69. The van der Waals surface area contributed by atoms with E-state index >= 15 is 0 Å². The van der Waals surface area contributed by atoms with Crippen molar-refractivity contribution in [2.45, 2.75) is 26.8 Å². The van der Waals surface area contributed by atoms with E-state index in [-0.39, 0.29) is 5.56 Å². The molecule has 1 aromatic carbocycles. The van der Waals surface area contributed by atoms with Gasteiger partial charge in [-0.1, -0.05) is 31.2 Å². The number of aromatic nitrogens is 3. The van der Waals surface area contributed by atoms with E-state index in [9.17, 15) is 4.79 Å². The van der Waals surface area contributed by atoms with E-state index in [0.29, 0.717) is 12.1 Å². The number of benzene rings is 1. The van der Waals surface area contributed by atoms with Crippen molar-refractivity contribution in [2.75, 3.05) is 0 Å². The maximum absolute atomic E-state index is 12.5. The molecule has 0 atom stereocenters. The van der Waals surface area contributed by atoms with Crippen LogP contribution in [-0.4, -0.2) is 14.5 Å². The first kappa shape index (κ1) is 12.7. The maximum atomic E-state index is 12.5. The topological polar surface area (TPSA) is 50.7 Å². The first-order valence-electron chi connectivity index (χ1n) is 6.81. The van der Waals surface area contributed by atoms with Gasteiger partial charge in [-0.15, -0.1) is 0 Å². The predicted molar refractivity (Wildman–Crippen MR) is 80.0 cm³/mol. The van der Waals surface area contributed by atoms with Gasteiger partial charge in [0, 0.05) is 12.6 Å². The lowest BCUT2D eigenvalue weighted by molar-refractivity contribution is 0.762. The molecule has 0 bridgehead atoms. The number of H-pyrrole nitrogens is 1. The molecule has 4 heteroatoms. The van der Waals surface area contributed by atoms with Crippen LogP contribution < -0.4 is 5.56 Å². The number of fused-ring (bicyclic) bond motifs is 1. The second kappa shape index (κ2) is 4.96. The average molecular weight is 267 g/mol. The predicted octanol–water partition coefficient (Wildman–Crippen LogP) is 2.64. The van der Waals surface area contributed by atoms with Gasteiger partial charge in [-0.2, -0.15) is 0 Å². The van der Waals surface area contributed by atoms with Crippen molar-refractivity contribution < 1.29 is 0 Å². The molecule has 0 fully saturated rings. The Morgan fingerprint density at radius 1 is 1.25 bits per heavy atom. The number of rotatable bonds is 3. The summed E-state index contributed by atoms with van der Waals surface area (Å²) in [6, 6.07) is 10.0. The second-order valence-electron chi connectivity index (χ2n) is 4.97. The fourth-order valence-corrected chi connectivity index (χ4v) is 2.35. The molecule has 0 amide bonds. The molecule has 0 aliphatic carbocycles. The molecule has 3 aromatic rings. The molecule has 0 spiro atoms. The Morgan fingerprint density at radius 2 is 2.05 bits per heavy atom. The molecule has 0 saturated heterocycles. The van der Waals surface area contributed by atoms with Crippen LogP contribution in [0.25, 0.3) is 11.0 Å². The van der Waals surface area contributed by atoms with Gasteiger partial charge in [-0.25, -0.2) is 4.98 Å². The van der Waals surface area contributed by atoms with E-state index in [4.69, 9.17) is 0 Å². The van der Waals surface area contributed by atoms with E-state index in [2.05, 4.69) is 23.0 Å². The molecule has 0 aliphatic heterocycles. The Labute approximate surface area is 117 Å². The maximum Gasteiger partial charge on any atom is 0.278 e. The zero-order valence-corrected chi connectivity index (χ0v) is 11.7. The standard InChI is InChI=1S/C16H17N3O/c1-3-14-17-13-8-9-19(16(20)15(13)18-14)10-12-7-5-4-6-11(12)2/h4-9H,3,10H2,1-2H3,(H,17,18). The zero-order valence-electron chi connectivity index (χ0n) is 11.7.